The van der Waals surface area contributed by atoms with Crippen LogP contribution in [0.15, 0.2) is 71.6 Å². The molecular weight excluding hydrogens is 504 g/mol. The lowest BCUT2D eigenvalue weighted by Crippen LogP contribution is -2.27. The third kappa shape index (κ3) is 5.07. The van der Waals surface area contributed by atoms with Crippen molar-refractivity contribution >= 4 is 57.6 Å². The van der Waals surface area contributed by atoms with E-state index in [1.54, 1.807) is 36.4 Å². The van der Waals surface area contributed by atoms with E-state index in [1.807, 2.05) is 18.2 Å². The van der Waals surface area contributed by atoms with Crippen LogP contribution < -0.4 is 14.4 Å². The Morgan fingerprint density at radius 3 is 2.42 bits per heavy atom. The van der Waals surface area contributed by atoms with Gasteiger partial charge in [-0.05, 0) is 48.0 Å². The molecule has 1 aliphatic rings. The van der Waals surface area contributed by atoms with Crippen molar-refractivity contribution < 1.29 is 28.7 Å². The molecule has 3 aromatic rings. The molecule has 0 spiro atoms. The number of thioether (sulfide) groups is 1. The number of amides is 1. The first-order chi connectivity index (χ1) is 17.3. The molecule has 182 valence electrons. The first kappa shape index (κ1) is 24.9. The van der Waals surface area contributed by atoms with Gasteiger partial charge in [0.05, 0.1) is 35.3 Å². The van der Waals surface area contributed by atoms with Crippen molar-refractivity contribution in [3.8, 4) is 17.2 Å². The highest BCUT2D eigenvalue weighted by Crippen LogP contribution is 2.39. The second-order valence-electron chi connectivity index (χ2n) is 7.30. The summed E-state index contributed by atoms with van der Waals surface area (Å²) >= 11 is 6.59. The van der Waals surface area contributed by atoms with E-state index in [4.69, 9.17) is 21.7 Å². The Balaban J connectivity index is 1.61. The number of para-hydroxylation sites is 1. The first-order valence-corrected chi connectivity index (χ1v) is 11.6. The third-order valence-corrected chi connectivity index (χ3v) is 6.39. The quantitative estimate of drug-likeness (QED) is 0.129. The van der Waals surface area contributed by atoms with Crippen molar-refractivity contribution in [2.45, 2.75) is 0 Å². The lowest BCUT2D eigenvalue weighted by atomic mass is 10.1. The van der Waals surface area contributed by atoms with Crippen LogP contribution in [0.25, 0.3) is 6.08 Å². The molecular formula is C25H18N2O7S2. The molecule has 36 heavy (non-hydrogen) atoms. The van der Waals surface area contributed by atoms with Crippen molar-refractivity contribution in [2.24, 2.45) is 0 Å². The number of nitrogens with zero attached hydrogens (tertiary/aromatic N) is 2. The maximum Gasteiger partial charge on any atom is 0.338 e. The monoisotopic (exact) mass is 522 g/mol. The summed E-state index contributed by atoms with van der Waals surface area (Å²) in [5, 5.41) is 11.5. The number of anilines is 1. The predicted molar refractivity (Wildman–Crippen MR) is 140 cm³/mol. The minimum Gasteiger partial charge on any atom is -0.493 e. The molecule has 0 aromatic heterocycles. The van der Waals surface area contributed by atoms with Crippen molar-refractivity contribution in [2.75, 3.05) is 19.1 Å². The minimum absolute atomic E-state index is 0.0201. The molecule has 1 amide bonds. The first-order valence-electron chi connectivity index (χ1n) is 10.4. The fourth-order valence-electron chi connectivity index (χ4n) is 3.39. The largest absolute Gasteiger partial charge is 0.493 e. The van der Waals surface area contributed by atoms with Gasteiger partial charge in [-0.15, -0.1) is 0 Å². The van der Waals surface area contributed by atoms with Gasteiger partial charge in [-0.1, -0.05) is 48.2 Å². The van der Waals surface area contributed by atoms with E-state index in [2.05, 4.69) is 4.74 Å². The topological polar surface area (TPSA) is 108 Å². The molecule has 0 bridgehead atoms. The van der Waals surface area contributed by atoms with Gasteiger partial charge in [0, 0.05) is 6.07 Å². The molecule has 0 N–H and O–H groups in total. The lowest BCUT2D eigenvalue weighted by molar-refractivity contribution is -0.385. The highest BCUT2D eigenvalue weighted by Gasteiger charge is 2.33. The molecule has 0 saturated carbocycles. The van der Waals surface area contributed by atoms with Gasteiger partial charge in [-0.3, -0.25) is 19.8 Å². The molecule has 0 unspecified atom stereocenters. The second kappa shape index (κ2) is 10.6. The van der Waals surface area contributed by atoms with Crippen molar-refractivity contribution in [3.63, 3.8) is 0 Å². The second-order valence-corrected chi connectivity index (χ2v) is 8.97. The summed E-state index contributed by atoms with van der Waals surface area (Å²) < 4.78 is 16.2. The van der Waals surface area contributed by atoms with E-state index in [-0.39, 0.29) is 28.7 Å². The van der Waals surface area contributed by atoms with Gasteiger partial charge in [0.2, 0.25) is 5.75 Å². The number of hydrogen-bond acceptors (Lipinski definition) is 9. The van der Waals surface area contributed by atoms with Crippen molar-refractivity contribution in [3.05, 3.63) is 92.9 Å². The van der Waals surface area contributed by atoms with Gasteiger partial charge in [0.25, 0.3) is 5.91 Å². The number of ether oxygens (including phenoxy) is 3. The molecule has 0 aliphatic carbocycles. The molecule has 0 atom stereocenters. The number of esters is 1. The van der Waals surface area contributed by atoms with Crippen molar-refractivity contribution in [1.29, 1.82) is 0 Å². The summed E-state index contributed by atoms with van der Waals surface area (Å²) in [5.41, 5.74) is 0.938. The van der Waals surface area contributed by atoms with E-state index < -0.39 is 16.6 Å². The number of rotatable bonds is 7. The van der Waals surface area contributed by atoms with E-state index >= 15 is 0 Å². The van der Waals surface area contributed by atoms with Gasteiger partial charge in [-0.25, -0.2) is 4.79 Å². The average molecular weight is 523 g/mol. The fraction of sp³-hybridized carbons (Fsp3) is 0.0800. The molecule has 1 saturated heterocycles. The zero-order chi connectivity index (χ0) is 25.8. The van der Waals surface area contributed by atoms with E-state index in [9.17, 15) is 19.7 Å². The standard InChI is InChI=1S/C25H18N2O7S2/c1-32-21-12-15(13-22-23(28)26(25(35)36-22)17-6-4-3-5-7-17)8-10-20(21)34-19-11-9-16(24(29)33-2)14-18(19)27(30)31/h3-14H,1-2H3. The van der Waals surface area contributed by atoms with Crippen LogP contribution in [0.3, 0.4) is 0 Å². The highest BCUT2D eigenvalue weighted by molar-refractivity contribution is 8.27. The predicted octanol–water partition coefficient (Wildman–Crippen LogP) is 5.59. The molecule has 0 radical (unpaired) electrons. The van der Waals surface area contributed by atoms with Gasteiger partial charge in [-0.2, -0.15) is 0 Å². The SMILES string of the molecule is COC(=O)c1ccc(Oc2ccc(C=C3SC(=S)N(c4ccccc4)C3=O)cc2OC)c([N+](=O)[O-])c1. The van der Waals surface area contributed by atoms with E-state index in [1.165, 1.54) is 43.0 Å². The smallest absolute Gasteiger partial charge is 0.338 e. The number of hydrogen-bond donors (Lipinski definition) is 0. The number of methoxy groups -OCH3 is 2. The molecule has 4 rings (SSSR count). The Kier molecular flexibility index (Phi) is 7.32. The number of nitro groups is 1. The number of carbonyl (C=O) groups excluding carboxylic acids is 2. The molecule has 1 aliphatic heterocycles. The van der Waals surface area contributed by atoms with E-state index in [0.29, 0.717) is 20.5 Å². The van der Waals surface area contributed by atoms with Crippen LogP contribution in [0.1, 0.15) is 15.9 Å². The summed E-state index contributed by atoms with van der Waals surface area (Å²) in [6.45, 7) is 0. The van der Waals surface area contributed by atoms with Gasteiger partial charge < -0.3 is 14.2 Å². The summed E-state index contributed by atoms with van der Waals surface area (Å²) in [7, 11) is 2.61. The van der Waals surface area contributed by atoms with Gasteiger partial charge in [0.15, 0.2) is 15.8 Å². The minimum atomic E-state index is -0.704. The molecule has 9 nitrogen and oxygen atoms in total. The molecule has 3 aromatic carbocycles. The Morgan fingerprint density at radius 2 is 1.75 bits per heavy atom. The highest BCUT2D eigenvalue weighted by atomic mass is 32.2. The maximum absolute atomic E-state index is 13.0. The van der Waals surface area contributed by atoms with Crippen LogP contribution in [0.2, 0.25) is 0 Å². The third-order valence-electron chi connectivity index (χ3n) is 5.09. The summed E-state index contributed by atoms with van der Waals surface area (Å²) in [5.74, 6) is -0.530. The van der Waals surface area contributed by atoms with Crippen LogP contribution in [-0.4, -0.2) is 35.3 Å². The average Bonchev–Trinajstić information content (AvgIpc) is 3.17. The summed E-state index contributed by atoms with van der Waals surface area (Å²) in [6, 6.07) is 17.8. The lowest BCUT2D eigenvalue weighted by Gasteiger charge is -2.14. The number of nitro benzene ring substituents is 1. The zero-order valence-corrected chi connectivity index (χ0v) is 20.6. The molecule has 1 heterocycles. The van der Waals surface area contributed by atoms with Crippen LogP contribution in [0, 0.1) is 10.1 Å². The fourth-order valence-corrected chi connectivity index (χ4v) is 4.69. The van der Waals surface area contributed by atoms with E-state index in [0.717, 1.165) is 6.07 Å². The maximum atomic E-state index is 13.0. The Morgan fingerprint density at radius 1 is 1.03 bits per heavy atom. The van der Waals surface area contributed by atoms with Crippen LogP contribution in [-0.2, 0) is 9.53 Å². The van der Waals surface area contributed by atoms with Crippen LogP contribution >= 0.6 is 24.0 Å². The van der Waals surface area contributed by atoms with Crippen LogP contribution in [0.5, 0.6) is 17.2 Å². The number of carbonyl (C=O) groups is 2. The normalized spacial score (nSPS) is 14.2. The summed E-state index contributed by atoms with van der Waals surface area (Å²) in [4.78, 5) is 37.5. The summed E-state index contributed by atoms with van der Waals surface area (Å²) in [6.07, 6.45) is 1.68. The van der Waals surface area contributed by atoms with Gasteiger partial charge in [0.1, 0.15) is 0 Å². The number of benzene rings is 3. The zero-order valence-electron chi connectivity index (χ0n) is 19.0. The number of thiocarbonyl (C=S) groups is 1. The molecule has 11 heteroatoms. The Labute approximate surface area is 215 Å². The Bertz CT molecular complexity index is 1410. The molecule has 1 fully saturated rings. The van der Waals surface area contributed by atoms with Crippen LogP contribution in [0.4, 0.5) is 11.4 Å². The van der Waals surface area contributed by atoms with Gasteiger partial charge >= 0.3 is 11.7 Å². The van der Waals surface area contributed by atoms with Crippen molar-refractivity contribution in [1.82, 2.24) is 0 Å². The Hall–Kier alpha value is -4.22.